The number of sulfone groups is 1. The molecule has 2 rings (SSSR count). The van der Waals surface area contributed by atoms with Crippen molar-refractivity contribution in [3.63, 3.8) is 0 Å². The van der Waals surface area contributed by atoms with Crippen molar-refractivity contribution >= 4 is 9.84 Å². The van der Waals surface area contributed by atoms with Crippen molar-refractivity contribution in [1.82, 2.24) is 5.32 Å². The third-order valence-electron chi connectivity index (χ3n) is 3.72. The Morgan fingerprint density at radius 2 is 1.48 bits per heavy atom. The van der Waals surface area contributed by atoms with Crippen LogP contribution in [0.5, 0.6) is 0 Å². The van der Waals surface area contributed by atoms with Gasteiger partial charge >= 0.3 is 0 Å². The highest BCUT2D eigenvalue weighted by atomic mass is 32.2. The van der Waals surface area contributed by atoms with Gasteiger partial charge in [0, 0.05) is 6.04 Å². The van der Waals surface area contributed by atoms with Crippen LogP contribution in [0.25, 0.3) is 0 Å². The SMILES string of the molecule is CNC(c1ccccc1)C(C)S(=O)(=O)Cc1ccccc1. The number of hydrogen-bond donors (Lipinski definition) is 1. The van der Waals surface area contributed by atoms with Gasteiger partial charge in [-0.05, 0) is 25.1 Å². The molecule has 2 unspecified atom stereocenters. The smallest absolute Gasteiger partial charge is 0.158 e. The van der Waals surface area contributed by atoms with Crippen LogP contribution in [0.4, 0.5) is 0 Å². The van der Waals surface area contributed by atoms with Gasteiger partial charge in [0.05, 0.1) is 11.0 Å². The van der Waals surface area contributed by atoms with E-state index in [1.807, 2.05) is 60.7 Å². The molecule has 0 spiro atoms. The largest absolute Gasteiger partial charge is 0.312 e. The lowest BCUT2D eigenvalue weighted by Gasteiger charge is -2.24. The van der Waals surface area contributed by atoms with Crippen molar-refractivity contribution in [3.8, 4) is 0 Å². The van der Waals surface area contributed by atoms with E-state index in [4.69, 9.17) is 0 Å². The minimum absolute atomic E-state index is 0.0695. The fraction of sp³-hybridized carbons (Fsp3) is 0.294. The molecule has 4 heteroatoms. The molecule has 0 aliphatic heterocycles. The molecule has 0 aliphatic carbocycles. The Balaban J connectivity index is 2.22. The number of benzene rings is 2. The zero-order chi connectivity index (χ0) is 15.3. The molecular weight excluding hydrogens is 282 g/mol. The summed E-state index contributed by atoms with van der Waals surface area (Å²) in [5.41, 5.74) is 1.82. The van der Waals surface area contributed by atoms with Crippen LogP contribution in [0.1, 0.15) is 24.1 Å². The maximum Gasteiger partial charge on any atom is 0.158 e. The van der Waals surface area contributed by atoms with Gasteiger partial charge in [-0.25, -0.2) is 8.42 Å². The topological polar surface area (TPSA) is 46.2 Å². The van der Waals surface area contributed by atoms with Crippen LogP contribution in [-0.2, 0) is 15.6 Å². The van der Waals surface area contributed by atoms with Crippen molar-refractivity contribution in [2.24, 2.45) is 0 Å². The van der Waals surface area contributed by atoms with E-state index < -0.39 is 15.1 Å². The second-order valence-corrected chi connectivity index (χ2v) is 7.53. The number of rotatable bonds is 6. The Labute approximate surface area is 126 Å². The van der Waals surface area contributed by atoms with Crippen LogP contribution in [0.15, 0.2) is 60.7 Å². The van der Waals surface area contributed by atoms with Gasteiger partial charge in [0.2, 0.25) is 0 Å². The summed E-state index contributed by atoms with van der Waals surface area (Å²) in [6, 6.07) is 18.8. The average Bonchev–Trinajstić information content (AvgIpc) is 2.49. The summed E-state index contributed by atoms with van der Waals surface area (Å²) in [6.07, 6.45) is 0. The van der Waals surface area contributed by atoms with Crippen LogP contribution in [0, 0.1) is 0 Å². The maximum absolute atomic E-state index is 12.6. The third kappa shape index (κ3) is 3.93. The lowest BCUT2D eigenvalue weighted by molar-refractivity contribution is 0.530. The highest BCUT2D eigenvalue weighted by molar-refractivity contribution is 7.91. The minimum Gasteiger partial charge on any atom is -0.312 e. The van der Waals surface area contributed by atoms with E-state index in [1.54, 1.807) is 14.0 Å². The first-order chi connectivity index (χ1) is 10.0. The van der Waals surface area contributed by atoms with Crippen molar-refractivity contribution in [3.05, 3.63) is 71.8 Å². The molecule has 1 N–H and O–H groups in total. The van der Waals surface area contributed by atoms with Gasteiger partial charge in [0.1, 0.15) is 0 Å². The number of nitrogens with one attached hydrogen (secondary N) is 1. The van der Waals surface area contributed by atoms with Crippen LogP contribution in [0.2, 0.25) is 0 Å². The standard InChI is InChI=1S/C17H21NO2S/c1-14(17(18-2)16-11-7-4-8-12-16)21(19,20)13-15-9-5-3-6-10-15/h3-12,14,17-18H,13H2,1-2H3. The summed E-state index contributed by atoms with van der Waals surface area (Å²) in [5, 5.41) is 2.64. The quantitative estimate of drug-likeness (QED) is 0.892. The van der Waals surface area contributed by atoms with Crippen molar-refractivity contribution in [1.29, 1.82) is 0 Å². The molecule has 0 aromatic heterocycles. The van der Waals surface area contributed by atoms with Crippen LogP contribution >= 0.6 is 0 Å². The predicted molar refractivity (Wildman–Crippen MR) is 86.8 cm³/mol. The van der Waals surface area contributed by atoms with E-state index in [2.05, 4.69) is 5.32 Å². The molecular formula is C17H21NO2S. The molecule has 0 radical (unpaired) electrons. The van der Waals surface area contributed by atoms with E-state index in [-0.39, 0.29) is 11.8 Å². The van der Waals surface area contributed by atoms with E-state index >= 15 is 0 Å². The molecule has 3 nitrogen and oxygen atoms in total. The summed E-state index contributed by atoms with van der Waals surface area (Å²) in [5.74, 6) is 0.0695. The zero-order valence-electron chi connectivity index (χ0n) is 12.4. The van der Waals surface area contributed by atoms with Gasteiger partial charge in [0.25, 0.3) is 0 Å². The highest BCUT2D eigenvalue weighted by Gasteiger charge is 2.29. The third-order valence-corrected chi connectivity index (χ3v) is 5.86. The normalized spacial score (nSPS) is 14.6. The molecule has 0 saturated heterocycles. The molecule has 0 bridgehead atoms. The fourth-order valence-corrected chi connectivity index (χ4v) is 4.11. The van der Waals surface area contributed by atoms with Gasteiger partial charge in [-0.15, -0.1) is 0 Å². The molecule has 0 aliphatic rings. The molecule has 2 aromatic carbocycles. The zero-order valence-corrected chi connectivity index (χ0v) is 13.2. The first-order valence-electron chi connectivity index (χ1n) is 7.02. The molecule has 2 aromatic rings. The summed E-state index contributed by atoms with van der Waals surface area (Å²) in [6.45, 7) is 1.77. The minimum atomic E-state index is -3.24. The number of hydrogen-bond acceptors (Lipinski definition) is 3. The van der Waals surface area contributed by atoms with E-state index in [9.17, 15) is 8.42 Å². The Kier molecular flexibility index (Phi) is 5.15. The van der Waals surface area contributed by atoms with Crippen LogP contribution in [-0.4, -0.2) is 20.7 Å². The molecule has 21 heavy (non-hydrogen) atoms. The summed E-state index contributed by atoms with van der Waals surface area (Å²) < 4.78 is 25.3. The summed E-state index contributed by atoms with van der Waals surface area (Å²) in [7, 11) is -1.44. The average molecular weight is 303 g/mol. The Morgan fingerprint density at radius 3 is 2.00 bits per heavy atom. The monoisotopic (exact) mass is 303 g/mol. The highest BCUT2D eigenvalue weighted by Crippen LogP contribution is 2.24. The van der Waals surface area contributed by atoms with Gasteiger partial charge in [0.15, 0.2) is 9.84 Å². The molecule has 0 saturated carbocycles. The lowest BCUT2D eigenvalue weighted by Crippen LogP contribution is -2.34. The van der Waals surface area contributed by atoms with Crippen LogP contribution in [0.3, 0.4) is 0 Å². The fourth-order valence-electron chi connectivity index (χ4n) is 2.48. The Bertz CT molecular complexity index is 654. The van der Waals surface area contributed by atoms with Crippen molar-refractivity contribution in [2.75, 3.05) is 7.05 Å². The Hall–Kier alpha value is -1.65. The molecule has 112 valence electrons. The first-order valence-corrected chi connectivity index (χ1v) is 8.74. The van der Waals surface area contributed by atoms with Crippen LogP contribution < -0.4 is 5.32 Å². The molecule has 2 atom stereocenters. The van der Waals surface area contributed by atoms with Crippen molar-refractivity contribution < 1.29 is 8.42 Å². The maximum atomic E-state index is 12.6. The summed E-state index contributed by atoms with van der Waals surface area (Å²) in [4.78, 5) is 0. The molecule has 0 fully saturated rings. The van der Waals surface area contributed by atoms with E-state index in [0.717, 1.165) is 11.1 Å². The van der Waals surface area contributed by atoms with Crippen molar-refractivity contribution in [2.45, 2.75) is 24.0 Å². The van der Waals surface area contributed by atoms with E-state index in [1.165, 1.54) is 0 Å². The van der Waals surface area contributed by atoms with Gasteiger partial charge in [-0.3, -0.25) is 0 Å². The second-order valence-electron chi connectivity index (χ2n) is 5.17. The predicted octanol–water partition coefficient (Wildman–Crippen LogP) is 2.95. The van der Waals surface area contributed by atoms with Gasteiger partial charge < -0.3 is 5.32 Å². The Morgan fingerprint density at radius 1 is 0.952 bits per heavy atom. The van der Waals surface area contributed by atoms with Gasteiger partial charge in [-0.2, -0.15) is 0 Å². The molecule has 0 heterocycles. The van der Waals surface area contributed by atoms with Gasteiger partial charge in [-0.1, -0.05) is 60.7 Å². The molecule has 0 amide bonds. The van der Waals surface area contributed by atoms with E-state index in [0.29, 0.717) is 0 Å². The lowest BCUT2D eigenvalue weighted by atomic mass is 10.0. The summed E-state index contributed by atoms with van der Waals surface area (Å²) >= 11 is 0. The first kappa shape index (κ1) is 15.7. The second kappa shape index (κ2) is 6.87.